The Kier molecular flexibility index (Phi) is 3.57. The highest BCUT2D eigenvalue weighted by atomic mass is 35.5. The van der Waals surface area contributed by atoms with Crippen molar-refractivity contribution in [3.05, 3.63) is 34.3 Å². The standard InChI is InChI=1S/C10H13ClO/c1-8-4-5-10(11)9(7-8)3-2-6-12/h4-5,7,12H,2-3,6H2,1H3. The second-order valence-electron chi connectivity index (χ2n) is 2.92. The Morgan fingerprint density at radius 3 is 2.83 bits per heavy atom. The van der Waals surface area contributed by atoms with Crippen LogP contribution >= 0.6 is 11.6 Å². The van der Waals surface area contributed by atoms with Crippen molar-refractivity contribution in [1.82, 2.24) is 0 Å². The van der Waals surface area contributed by atoms with E-state index < -0.39 is 0 Å². The van der Waals surface area contributed by atoms with Crippen LogP contribution in [0.2, 0.25) is 5.02 Å². The summed E-state index contributed by atoms with van der Waals surface area (Å²) in [6.07, 6.45) is 1.64. The van der Waals surface area contributed by atoms with Crippen LogP contribution in [0.3, 0.4) is 0 Å². The Morgan fingerprint density at radius 1 is 1.42 bits per heavy atom. The molecule has 0 heterocycles. The molecule has 1 N–H and O–H groups in total. The molecule has 0 spiro atoms. The zero-order chi connectivity index (χ0) is 8.97. The Labute approximate surface area is 78.0 Å². The lowest BCUT2D eigenvalue weighted by molar-refractivity contribution is 0.288. The first-order chi connectivity index (χ1) is 5.74. The van der Waals surface area contributed by atoms with Crippen molar-refractivity contribution in [3.63, 3.8) is 0 Å². The summed E-state index contributed by atoms with van der Waals surface area (Å²) in [5.74, 6) is 0. The summed E-state index contributed by atoms with van der Waals surface area (Å²) < 4.78 is 0. The molecule has 0 saturated carbocycles. The van der Waals surface area contributed by atoms with Gasteiger partial charge in [0.1, 0.15) is 0 Å². The Morgan fingerprint density at radius 2 is 2.17 bits per heavy atom. The van der Waals surface area contributed by atoms with Crippen LogP contribution in [0.1, 0.15) is 17.5 Å². The molecule has 0 aromatic heterocycles. The maximum absolute atomic E-state index is 8.64. The van der Waals surface area contributed by atoms with Crippen LogP contribution in [0.25, 0.3) is 0 Å². The molecular weight excluding hydrogens is 172 g/mol. The lowest BCUT2D eigenvalue weighted by Gasteiger charge is -2.03. The zero-order valence-electron chi connectivity index (χ0n) is 7.18. The molecule has 0 aliphatic carbocycles. The van der Waals surface area contributed by atoms with Gasteiger partial charge in [0.2, 0.25) is 0 Å². The van der Waals surface area contributed by atoms with Gasteiger partial charge in [-0.2, -0.15) is 0 Å². The largest absolute Gasteiger partial charge is 0.396 e. The summed E-state index contributed by atoms with van der Waals surface area (Å²) in [4.78, 5) is 0. The molecule has 0 atom stereocenters. The van der Waals surface area contributed by atoms with Crippen LogP contribution in [0.15, 0.2) is 18.2 Å². The number of benzene rings is 1. The van der Waals surface area contributed by atoms with Crippen molar-refractivity contribution < 1.29 is 5.11 Å². The average Bonchev–Trinajstić information content (AvgIpc) is 2.07. The van der Waals surface area contributed by atoms with E-state index in [0.29, 0.717) is 0 Å². The molecule has 0 aliphatic heterocycles. The van der Waals surface area contributed by atoms with Crippen molar-refractivity contribution in [3.8, 4) is 0 Å². The van der Waals surface area contributed by atoms with Crippen molar-refractivity contribution in [2.75, 3.05) is 6.61 Å². The van der Waals surface area contributed by atoms with Crippen LogP contribution in [-0.4, -0.2) is 11.7 Å². The van der Waals surface area contributed by atoms with Gasteiger partial charge in [0.05, 0.1) is 0 Å². The Balaban J connectivity index is 2.75. The van der Waals surface area contributed by atoms with E-state index in [2.05, 4.69) is 6.07 Å². The number of aliphatic hydroxyl groups excluding tert-OH is 1. The maximum atomic E-state index is 8.64. The lowest BCUT2D eigenvalue weighted by atomic mass is 10.1. The summed E-state index contributed by atoms with van der Waals surface area (Å²) >= 11 is 5.95. The van der Waals surface area contributed by atoms with E-state index in [1.807, 2.05) is 19.1 Å². The molecule has 0 unspecified atom stereocenters. The van der Waals surface area contributed by atoms with E-state index in [1.54, 1.807) is 0 Å². The molecule has 2 heteroatoms. The third-order valence-corrected chi connectivity index (χ3v) is 2.17. The fourth-order valence-corrected chi connectivity index (χ4v) is 1.38. The molecule has 0 aliphatic rings. The van der Waals surface area contributed by atoms with Gasteiger partial charge in [-0.05, 0) is 31.4 Å². The van der Waals surface area contributed by atoms with Gasteiger partial charge < -0.3 is 5.11 Å². The minimum Gasteiger partial charge on any atom is -0.396 e. The molecule has 12 heavy (non-hydrogen) atoms. The van der Waals surface area contributed by atoms with Gasteiger partial charge in [0, 0.05) is 11.6 Å². The fourth-order valence-electron chi connectivity index (χ4n) is 1.16. The van der Waals surface area contributed by atoms with Crippen molar-refractivity contribution in [1.29, 1.82) is 0 Å². The monoisotopic (exact) mass is 184 g/mol. The molecule has 1 aromatic rings. The highest BCUT2D eigenvalue weighted by Gasteiger charge is 1.99. The van der Waals surface area contributed by atoms with Gasteiger partial charge in [-0.25, -0.2) is 0 Å². The van der Waals surface area contributed by atoms with Gasteiger partial charge in [-0.1, -0.05) is 29.3 Å². The SMILES string of the molecule is Cc1ccc(Cl)c(CCCO)c1. The molecular formula is C10H13ClO. The molecule has 1 aromatic carbocycles. The summed E-state index contributed by atoms with van der Waals surface area (Å²) in [6, 6.07) is 5.96. The Hall–Kier alpha value is -0.530. The van der Waals surface area contributed by atoms with E-state index in [0.717, 1.165) is 23.4 Å². The minimum atomic E-state index is 0.226. The topological polar surface area (TPSA) is 20.2 Å². The summed E-state index contributed by atoms with van der Waals surface area (Å²) in [5, 5.41) is 9.44. The molecule has 1 nitrogen and oxygen atoms in total. The highest BCUT2D eigenvalue weighted by Crippen LogP contribution is 2.18. The van der Waals surface area contributed by atoms with Gasteiger partial charge in [-0.3, -0.25) is 0 Å². The van der Waals surface area contributed by atoms with Crippen molar-refractivity contribution in [2.45, 2.75) is 19.8 Å². The third kappa shape index (κ3) is 2.50. The first-order valence-electron chi connectivity index (χ1n) is 4.10. The highest BCUT2D eigenvalue weighted by molar-refractivity contribution is 6.31. The van der Waals surface area contributed by atoms with Gasteiger partial charge >= 0.3 is 0 Å². The van der Waals surface area contributed by atoms with E-state index in [1.165, 1.54) is 5.56 Å². The summed E-state index contributed by atoms with van der Waals surface area (Å²) in [5.41, 5.74) is 2.35. The van der Waals surface area contributed by atoms with E-state index in [4.69, 9.17) is 16.7 Å². The van der Waals surface area contributed by atoms with Gasteiger partial charge in [0.25, 0.3) is 0 Å². The first-order valence-corrected chi connectivity index (χ1v) is 4.47. The molecule has 0 bridgehead atoms. The average molecular weight is 185 g/mol. The smallest absolute Gasteiger partial charge is 0.0438 e. The molecule has 66 valence electrons. The predicted octanol–water partition coefficient (Wildman–Crippen LogP) is 2.57. The predicted molar refractivity (Wildman–Crippen MR) is 51.6 cm³/mol. The van der Waals surface area contributed by atoms with E-state index >= 15 is 0 Å². The number of aryl methyl sites for hydroxylation is 2. The van der Waals surface area contributed by atoms with Crippen LogP contribution in [0, 0.1) is 6.92 Å². The molecule has 1 rings (SSSR count). The van der Waals surface area contributed by atoms with Crippen molar-refractivity contribution >= 4 is 11.6 Å². The van der Waals surface area contributed by atoms with Crippen molar-refractivity contribution in [2.24, 2.45) is 0 Å². The van der Waals surface area contributed by atoms with Crippen LogP contribution in [-0.2, 0) is 6.42 Å². The minimum absolute atomic E-state index is 0.226. The normalized spacial score (nSPS) is 10.2. The maximum Gasteiger partial charge on any atom is 0.0438 e. The quantitative estimate of drug-likeness (QED) is 0.766. The Bertz CT molecular complexity index is 258. The first kappa shape index (κ1) is 9.56. The zero-order valence-corrected chi connectivity index (χ0v) is 7.93. The van der Waals surface area contributed by atoms with Gasteiger partial charge in [-0.15, -0.1) is 0 Å². The number of rotatable bonds is 3. The van der Waals surface area contributed by atoms with E-state index in [9.17, 15) is 0 Å². The second-order valence-corrected chi connectivity index (χ2v) is 3.33. The number of hydrogen-bond donors (Lipinski definition) is 1. The van der Waals surface area contributed by atoms with Crippen LogP contribution < -0.4 is 0 Å². The second kappa shape index (κ2) is 4.48. The molecule has 0 amide bonds. The van der Waals surface area contributed by atoms with Crippen LogP contribution in [0.4, 0.5) is 0 Å². The number of aliphatic hydroxyl groups is 1. The van der Waals surface area contributed by atoms with Gasteiger partial charge in [0.15, 0.2) is 0 Å². The summed E-state index contributed by atoms with van der Waals surface area (Å²) in [7, 11) is 0. The fraction of sp³-hybridized carbons (Fsp3) is 0.400. The third-order valence-electron chi connectivity index (χ3n) is 1.81. The molecule has 0 fully saturated rings. The lowest BCUT2D eigenvalue weighted by Crippen LogP contribution is -1.91. The van der Waals surface area contributed by atoms with Crippen LogP contribution in [0.5, 0.6) is 0 Å². The number of hydrogen-bond acceptors (Lipinski definition) is 1. The summed E-state index contributed by atoms with van der Waals surface area (Å²) in [6.45, 7) is 2.27. The van der Waals surface area contributed by atoms with E-state index in [-0.39, 0.29) is 6.61 Å². The number of halogens is 1. The molecule has 0 saturated heterocycles. The molecule has 0 radical (unpaired) electrons.